The predicted octanol–water partition coefficient (Wildman–Crippen LogP) is 3.55. The molecule has 0 aromatic heterocycles. The zero-order valence-electron chi connectivity index (χ0n) is 26.2. The van der Waals surface area contributed by atoms with Crippen LogP contribution in [0.1, 0.15) is 52.2 Å². The molecule has 0 unspecified atom stereocenters. The first-order chi connectivity index (χ1) is 20.2. The summed E-state index contributed by atoms with van der Waals surface area (Å²) in [6, 6.07) is 7.81. The smallest absolute Gasteiger partial charge is 0.408 e. The monoisotopic (exact) mass is 597 g/mol. The fourth-order valence-corrected chi connectivity index (χ4v) is 4.90. The topological polar surface area (TPSA) is 141 Å². The molecule has 3 atom stereocenters. The summed E-state index contributed by atoms with van der Waals surface area (Å²) in [6.45, 7) is 9.01. The van der Waals surface area contributed by atoms with Crippen molar-refractivity contribution in [3.8, 4) is 22.6 Å². The standard InChI is InChI=1S/C32H43N3O8/c1-18(2)13-23-28(36)34-25(30(38)42-8)17-20-10-12-27(41-7)22(15-20)21-14-19(9-11-26(21)40-6)16-24(29(37)33-23)35-31(39)43-32(3,4)5/h9-12,14-15,18,23-25H,13,16-17H2,1-8H3,(H,33,37)(H,34,36)(H,35,39)/t23-,24-,25+/m0/s1. The average Bonchev–Trinajstić information content (AvgIpc) is 2.93. The van der Waals surface area contributed by atoms with E-state index in [0.29, 0.717) is 34.6 Å². The average molecular weight is 598 g/mol. The number of hydrogen-bond donors (Lipinski definition) is 3. The van der Waals surface area contributed by atoms with E-state index >= 15 is 0 Å². The minimum atomic E-state index is -1.09. The van der Waals surface area contributed by atoms with Crippen LogP contribution in [-0.4, -0.2) is 68.9 Å². The van der Waals surface area contributed by atoms with Crippen LogP contribution >= 0.6 is 0 Å². The normalized spacial score (nSPS) is 19.2. The number of nitrogens with one attached hydrogen (secondary N) is 3. The van der Waals surface area contributed by atoms with E-state index in [-0.39, 0.29) is 18.8 Å². The Balaban J connectivity index is 2.20. The molecule has 3 rings (SSSR count). The van der Waals surface area contributed by atoms with Crippen molar-refractivity contribution in [2.75, 3.05) is 21.3 Å². The SMILES string of the molecule is COC(=O)[C@H]1Cc2ccc(OC)c(c2)-c2cc(ccc2OC)C[C@H](NC(=O)OC(C)(C)C)C(=O)N[C@@H](CC(C)C)C(=O)N1. The Morgan fingerprint density at radius 1 is 0.884 bits per heavy atom. The van der Waals surface area contributed by atoms with Crippen molar-refractivity contribution in [2.24, 2.45) is 5.92 Å². The summed E-state index contributed by atoms with van der Waals surface area (Å²) in [7, 11) is 4.35. The van der Waals surface area contributed by atoms with Crippen LogP contribution in [0.2, 0.25) is 0 Å². The second-order valence-electron chi connectivity index (χ2n) is 12.0. The summed E-state index contributed by atoms with van der Waals surface area (Å²) in [6.07, 6.45) is -0.262. The number of rotatable bonds is 6. The van der Waals surface area contributed by atoms with Crippen molar-refractivity contribution in [3.05, 3.63) is 47.5 Å². The summed E-state index contributed by atoms with van der Waals surface area (Å²) in [4.78, 5) is 52.9. The Morgan fingerprint density at radius 3 is 1.93 bits per heavy atom. The number of carbonyl (C=O) groups is 4. The third-order valence-corrected chi connectivity index (χ3v) is 6.85. The molecular formula is C32H43N3O8. The highest BCUT2D eigenvalue weighted by Gasteiger charge is 2.32. The molecular weight excluding hydrogens is 554 g/mol. The van der Waals surface area contributed by atoms with Crippen LogP contribution in [0, 0.1) is 5.92 Å². The van der Waals surface area contributed by atoms with Crippen molar-refractivity contribution in [2.45, 2.75) is 77.6 Å². The third-order valence-electron chi connectivity index (χ3n) is 6.85. The Labute approximate surface area is 253 Å². The molecule has 4 bridgehead atoms. The van der Waals surface area contributed by atoms with Gasteiger partial charge < -0.3 is 34.9 Å². The van der Waals surface area contributed by atoms with Crippen molar-refractivity contribution in [1.29, 1.82) is 0 Å². The Morgan fingerprint density at radius 2 is 1.44 bits per heavy atom. The maximum atomic E-state index is 13.7. The van der Waals surface area contributed by atoms with Gasteiger partial charge in [0.15, 0.2) is 0 Å². The van der Waals surface area contributed by atoms with Crippen molar-refractivity contribution >= 4 is 23.9 Å². The van der Waals surface area contributed by atoms with Crippen LogP contribution in [-0.2, 0) is 36.7 Å². The molecule has 0 saturated heterocycles. The number of fused-ring (bicyclic) bond motifs is 5. The van der Waals surface area contributed by atoms with Crippen molar-refractivity contribution < 1.29 is 38.1 Å². The van der Waals surface area contributed by atoms with E-state index in [0.717, 1.165) is 5.56 Å². The highest BCUT2D eigenvalue weighted by molar-refractivity contribution is 5.93. The lowest BCUT2D eigenvalue weighted by atomic mass is 9.95. The second-order valence-corrected chi connectivity index (χ2v) is 12.0. The Bertz CT molecular complexity index is 1330. The van der Waals surface area contributed by atoms with Crippen LogP contribution in [0.15, 0.2) is 36.4 Å². The molecule has 3 amide bonds. The number of carbonyl (C=O) groups excluding carboxylic acids is 4. The van der Waals surface area contributed by atoms with Gasteiger partial charge in [0, 0.05) is 24.0 Å². The van der Waals surface area contributed by atoms with E-state index < -0.39 is 47.6 Å². The van der Waals surface area contributed by atoms with Gasteiger partial charge in [-0.2, -0.15) is 0 Å². The van der Waals surface area contributed by atoms with Gasteiger partial charge in [0.05, 0.1) is 21.3 Å². The van der Waals surface area contributed by atoms with Gasteiger partial charge in [-0.1, -0.05) is 26.0 Å². The van der Waals surface area contributed by atoms with Crippen LogP contribution in [0.4, 0.5) is 4.79 Å². The fraction of sp³-hybridized carbons (Fsp3) is 0.500. The van der Waals surface area contributed by atoms with Crippen molar-refractivity contribution in [3.63, 3.8) is 0 Å². The molecule has 2 aromatic carbocycles. The Hall–Kier alpha value is -4.28. The summed E-state index contributed by atoms with van der Waals surface area (Å²) >= 11 is 0. The molecule has 43 heavy (non-hydrogen) atoms. The minimum Gasteiger partial charge on any atom is -0.496 e. The lowest BCUT2D eigenvalue weighted by molar-refractivity contribution is -0.145. The van der Waals surface area contributed by atoms with Crippen LogP contribution in [0.25, 0.3) is 11.1 Å². The van der Waals surface area contributed by atoms with E-state index in [1.807, 2.05) is 32.0 Å². The van der Waals surface area contributed by atoms with Crippen LogP contribution in [0.3, 0.4) is 0 Å². The molecule has 11 nitrogen and oxygen atoms in total. The third kappa shape index (κ3) is 9.10. The Kier molecular flexibility index (Phi) is 11.0. The first kappa shape index (κ1) is 33.2. The fourth-order valence-electron chi connectivity index (χ4n) is 4.90. The largest absolute Gasteiger partial charge is 0.496 e. The summed E-state index contributed by atoms with van der Waals surface area (Å²) in [5, 5.41) is 8.24. The van der Waals surface area contributed by atoms with E-state index in [9.17, 15) is 19.2 Å². The van der Waals surface area contributed by atoms with Gasteiger partial charge in [-0.15, -0.1) is 0 Å². The molecule has 0 radical (unpaired) electrons. The van der Waals surface area contributed by atoms with Crippen LogP contribution < -0.4 is 25.4 Å². The number of hydrogen-bond acceptors (Lipinski definition) is 8. The molecule has 1 heterocycles. The maximum Gasteiger partial charge on any atom is 0.408 e. The predicted molar refractivity (Wildman–Crippen MR) is 161 cm³/mol. The number of alkyl carbamates (subject to hydrolysis) is 1. The molecule has 3 N–H and O–H groups in total. The number of methoxy groups -OCH3 is 3. The molecule has 0 saturated carbocycles. The molecule has 0 spiro atoms. The molecule has 2 aromatic rings. The zero-order chi connectivity index (χ0) is 31.9. The zero-order valence-corrected chi connectivity index (χ0v) is 26.2. The van der Waals surface area contributed by atoms with E-state index in [1.54, 1.807) is 53.2 Å². The van der Waals surface area contributed by atoms with E-state index in [2.05, 4.69) is 16.0 Å². The molecule has 11 heteroatoms. The quantitative estimate of drug-likeness (QED) is 0.430. The summed E-state index contributed by atoms with van der Waals surface area (Å²) < 4.78 is 21.8. The second kappa shape index (κ2) is 14.3. The van der Waals surface area contributed by atoms with Gasteiger partial charge in [-0.3, -0.25) is 9.59 Å². The van der Waals surface area contributed by atoms with Gasteiger partial charge in [0.25, 0.3) is 0 Å². The lowest BCUT2D eigenvalue weighted by Crippen LogP contribution is -2.57. The first-order valence-electron chi connectivity index (χ1n) is 14.3. The molecule has 0 fully saturated rings. The van der Waals surface area contributed by atoms with Gasteiger partial charge in [0.1, 0.15) is 35.2 Å². The molecule has 234 valence electrons. The van der Waals surface area contributed by atoms with E-state index in [1.165, 1.54) is 7.11 Å². The van der Waals surface area contributed by atoms with Crippen molar-refractivity contribution in [1.82, 2.24) is 16.0 Å². The minimum absolute atomic E-state index is 0.0280. The maximum absolute atomic E-state index is 13.7. The number of ether oxygens (including phenoxy) is 4. The molecule has 1 aliphatic rings. The van der Waals surface area contributed by atoms with Gasteiger partial charge >= 0.3 is 12.1 Å². The lowest BCUT2D eigenvalue weighted by Gasteiger charge is -2.27. The first-order valence-corrected chi connectivity index (χ1v) is 14.3. The highest BCUT2D eigenvalue weighted by atomic mass is 16.6. The van der Waals surface area contributed by atoms with Gasteiger partial charge in [-0.05, 0) is 68.5 Å². The molecule has 1 aliphatic heterocycles. The summed E-state index contributed by atoms with van der Waals surface area (Å²) in [5.41, 5.74) is 2.02. The van der Waals surface area contributed by atoms with E-state index in [4.69, 9.17) is 18.9 Å². The van der Waals surface area contributed by atoms with Crippen LogP contribution in [0.5, 0.6) is 11.5 Å². The number of amides is 3. The molecule has 0 aliphatic carbocycles. The van der Waals surface area contributed by atoms with Gasteiger partial charge in [-0.25, -0.2) is 9.59 Å². The summed E-state index contributed by atoms with van der Waals surface area (Å²) in [5.74, 6) is -0.611. The number of benzene rings is 2. The van der Waals surface area contributed by atoms with Gasteiger partial charge in [0.2, 0.25) is 11.8 Å². The number of esters is 1. The highest BCUT2D eigenvalue weighted by Crippen LogP contribution is 2.38.